The van der Waals surface area contributed by atoms with Gasteiger partial charge in [0, 0.05) is 23.9 Å². The van der Waals surface area contributed by atoms with Gasteiger partial charge < -0.3 is 14.7 Å². The van der Waals surface area contributed by atoms with Crippen LogP contribution in [-0.4, -0.2) is 30.1 Å². The molecule has 0 bridgehead atoms. The van der Waals surface area contributed by atoms with Crippen LogP contribution in [0.15, 0.2) is 66.7 Å². The molecule has 13 heteroatoms. The minimum absolute atomic E-state index is 0.0481. The van der Waals surface area contributed by atoms with Crippen molar-refractivity contribution in [2.24, 2.45) is 0 Å². The Bertz CT molecular complexity index is 1230. The van der Waals surface area contributed by atoms with Crippen LogP contribution in [0.2, 0.25) is 10.0 Å². The summed E-state index contributed by atoms with van der Waals surface area (Å²) >= 11 is 12.0. The Kier molecular flexibility index (Phi) is 8.50. The number of halogens is 10. The van der Waals surface area contributed by atoms with Crippen molar-refractivity contribution < 1.29 is 45.0 Å². The molecule has 3 rings (SSSR count). The van der Waals surface area contributed by atoms with Crippen LogP contribution in [0.4, 0.5) is 40.8 Å². The molecule has 0 saturated heterocycles. The highest BCUT2D eigenvalue weighted by atomic mass is 35.5. The zero-order valence-corrected chi connectivity index (χ0v) is 19.9. The normalized spacial score (nSPS) is 13.4. The van der Waals surface area contributed by atoms with Gasteiger partial charge in [-0.3, -0.25) is 0 Å². The number of benzene rings is 3. The predicted octanol–water partition coefficient (Wildman–Crippen LogP) is 8.37. The fraction of sp³-hybridized carbons (Fsp3) is 0.250. The van der Waals surface area contributed by atoms with E-state index in [-0.39, 0.29) is 32.8 Å². The molecule has 0 amide bonds. The molecular weight excluding hydrogens is 557 g/mol. The largest absolute Gasteiger partial charge is 0.458 e. The van der Waals surface area contributed by atoms with Gasteiger partial charge in [-0.05, 0) is 35.9 Å². The topological polar surface area (TPSA) is 32.7 Å². The molecule has 0 radical (unpaired) electrons. The lowest BCUT2D eigenvalue weighted by Gasteiger charge is -2.29. The Morgan fingerprint density at radius 3 is 2.14 bits per heavy atom. The summed E-state index contributed by atoms with van der Waals surface area (Å²) in [5.74, 6) is -4.94. The molecular formula is C24H17Cl2F8NO2. The van der Waals surface area contributed by atoms with E-state index < -0.39 is 43.0 Å². The van der Waals surface area contributed by atoms with Crippen molar-refractivity contribution in [1.82, 2.24) is 0 Å². The summed E-state index contributed by atoms with van der Waals surface area (Å²) < 4.78 is 111. The predicted molar refractivity (Wildman–Crippen MR) is 122 cm³/mol. The summed E-state index contributed by atoms with van der Waals surface area (Å²) in [6.07, 6.45) is -13.7. The number of aliphatic hydroxyl groups is 1. The first-order valence-corrected chi connectivity index (χ1v) is 11.1. The van der Waals surface area contributed by atoms with E-state index in [1.165, 1.54) is 42.5 Å². The number of rotatable bonds is 8. The lowest BCUT2D eigenvalue weighted by atomic mass is 10.0. The average molecular weight is 574 g/mol. The van der Waals surface area contributed by atoms with Gasteiger partial charge in [0.1, 0.15) is 16.5 Å². The number of aliphatic hydroxyl groups excluding tert-OH is 1. The summed E-state index contributed by atoms with van der Waals surface area (Å²) in [7, 11) is 0. The first kappa shape index (κ1) is 28.8. The molecule has 0 aliphatic rings. The average Bonchev–Trinajstić information content (AvgIpc) is 2.80. The molecule has 1 N–H and O–H groups in total. The van der Waals surface area contributed by atoms with Crippen LogP contribution in [0.25, 0.3) is 0 Å². The SMILES string of the molecule is OC(CN(Cc1cccc(C(F)(F)C(F)(F)F)c1)c1cccc(Oc2cccc(Cl)c2Cl)c1)C(F)(F)F. The van der Waals surface area contributed by atoms with Crippen LogP contribution in [0, 0.1) is 0 Å². The molecule has 3 aromatic carbocycles. The highest BCUT2D eigenvalue weighted by Crippen LogP contribution is 2.44. The van der Waals surface area contributed by atoms with Gasteiger partial charge in [0.15, 0.2) is 6.10 Å². The minimum atomic E-state index is -5.87. The van der Waals surface area contributed by atoms with Crippen molar-refractivity contribution in [3.63, 3.8) is 0 Å². The second kappa shape index (κ2) is 10.9. The fourth-order valence-corrected chi connectivity index (χ4v) is 3.59. The smallest absolute Gasteiger partial charge is 0.456 e. The Labute approximate surface area is 215 Å². The second-order valence-corrected chi connectivity index (χ2v) is 8.65. The third-order valence-electron chi connectivity index (χ3n) is 5.12. The van der Waals surface area contributed by atoms with Gasteiger partial charge in [-0.1, -0.05) is 53.5 Å². The first-order chi connectivity index (χ1) is 17.1. The van der Waals surface area contributed by atoms with E-state index in [2.05, 4.69) is 0 Å². The standard InChI is InChI=1S/C24H17Cl2F8NO2/c25-18-8-3-9-19(21(18)26)37-17-7-2-6-16(11-17)35(13-20(36)23(29,30)31)12-14-4-1-5-15(10-14)22(27,28)24(32,33)34/h1-11,20,36H,12-13H2. The lowest BCUT2D eigenvalue weighted by Crippen LogP contribution is -2.41. The zero-order valence-electron chi connectivity index (χ0n) is 18.4. The summed E-state index contributed by atoms with van der Waals surface area (Å²) in [6, 6.07) is 13.2. The van der Waals surface area contributed by atoms with Gasteiger partial charge in [-0.15, -0.1) is 0 Å². The van der Waals surface area contributed by atoms with E-state index in [0.29, 0.717) is 12.1 Å². The van der Waals surface area contributed by atoms with Gasteiger partial charge in [-0.25, -0.2) is 0 Å². The Balaban J connectivity index is 1.96. The molecule has 3 nitrogen and oxygen atoms in total. The van der Waals surface area contributed by atoms with E-state index >= 15 is 0 Å². The maximum Gasteiger partial charge on any atom is 0.458 e. The molecule has 0 aliphatic carbocycles. The number of nitrogens with zero attached hydrogens (tertiary/aromatic N) is 1. The molecule has 0 spiro atoms. The molecule has 0 aromatic heterocycles. The van der Waals surface area contributed by atoms with E-state index in [4.69, 9.17) is 27.9 Å². The maximum atomic E-state index is 13.8. The third-order valence-corrected chi connectivity index (χ3v) is 5.92. The molecule has 200 valence electrons. The summed E-state index contributed by atoms with van der Waals surface area (Å²) in [4.78, 5) is 0.968. The number of anilines is 1. The molecule has 0 aliphatic heterocycles. The highest BCUT2D eigenvalue weighted by molar-refractivity contribution is 6.42. The van der Waals surface area contributed by atoms with Crippen molar-refractivity contribution in [1.29, 1.82) is 0 Å². The molecule has 37 heavy (non-hydrogen) atoms. The van der Waals surface area contributed by atoms with Crippen LogP contribution >= 0.6 is 23.2 Å². The van der Waals surface area contributed by atoms with Gasteiger partial charge in [0.25, 0.3) is 0 Å². The van der Waals surface area contributed by atoms with E-state index in [0.717, 1.165) is 11.0 Å². The number of hydrogen-bond acceptors (Lipinski definition) is 3. The first-order valence-electron chi connectivity index (χ1n) is 10.3. The summed E-state index contributed by atoms with van der Waals surface area (Å²) in [5.41, 5.74) is -1.48. The molecule has 3 aromatic rings. The quantitative estimate of drug-likeness (QED) is 0.275. The fourth-order valence-electron chi connectivity index (χ4n) is 3.26. The van der Waals surface area contributed by atoms with E-state index in [1.807, 2.05) is 0 Å². The summed E-state index contributed by atoms with van der Waals surface area (Å²) in [5, 5.41) is 9.91. The van der Waals surface area contributed by atoms with Crippen molar-refractivity contribution in [3.8, 4) is 11.5 Å². The van der Waals surface area contributed by atoms with Crippen molar-refractivity contribution in [2.45, 2.75) is 30.9 Å². The number of ether oxygens (including phenoxy) is 1. The second-order valence-electron chi connectivity index (χ2n) is 7.86. The van der Waals surface area contributed by atoms with Gasteiger partial charge in [-0.2, -0.15) is 35.1 Å². The molecule has 0 heterocycles. The van der Waals surface area contributed by atoms with Gasteiger partial charge in [0.2, 0.25) is 0 Å². The van der Waals surface area contributed by atoms with E-state index in [1.54, 1.807) is 6.07 Å². The van der Waals surface area contributed by atoms with Crippen LogP contribution in [0.1, 0.15) is 11.1 Å². The van der Waals surface area contributed by atoms with Crippen molar-refractivity contribution >= 4 is 28.9 Å². The van der Waals surface area contributed by atoms with Crippen LogP contribution in [0.3, 0.4) is 0 Å². The lowest BCUT2D eigenvalue weighted by molar-refractivity contribution is -0.289. The maximum absolute atomic E-state index is 13.8. The Morgan fingerprint density at radius 1 is 0.838 bits per heavy atom. The number of alkyl halides is 8. The Morgan fingerprint density at radius 2 is 1.49 bits per heavy atom. The molecule has 0 saturated carbocycles. The van der Waals surface area contributed by atoms with Crippen LogP contribution in [0.5, 0.6) is 11.5 Å². The summed E-state index contributed by atoms with van der Waals surface area (Å²) in [6.45, 7) is -1.60. The van der Waals surface area contributed by atoms with Crippen molar-refractivity contribution in [3.05, 3.63) is 87.9 Å². The zero-order chi connectivity index (χ0) is 27.6. The molecule has 1 unspecified atom stereocenters. The molecule has 1 atom stereocenters. The van der Waals surface area contributed by atoms with E-state index in [9.17, 15) is 40.2 Å². The molecule has 0 fully saturated rings. The Hall–Kier alpha value is -2.76. The van der Waals surface area contributed by atoms with Crippen molar-refractivity contribution in [2.75, 3.05) is 11.4 Å². The van der Waals surface area contributed by atoms with Gasteiger partial charge >= 0.3 is 18.3 Å². The monoisotopic (exact) mass is 573 g/mol. The van der Waals surface area contributed by atoms with Gasteiger partial charge in [0.05, 0.1) is 11.6 Å². The number of hydrogen-bond donors (Lipinski definition) is 1. The van der Waals surface area contributed by atoms with Crippen LogP contribution < -0.4 is 9.64 Å². The highest BCUT2D eigenvalue weighted by Gasteiger charge is 2.58. The minimum Gasteiger partial charge on any atom is -0.456 e. The third kappa shape index (κ3) is 6.97. The van der Waals surface area contributed by atoms with Crippen LogP contribution in [-0.2, 0) is 12.5 Å².